The van der Waals surface area contributed by atoms with Gasteiger partial charge in [-0.3, -0.25) is 0 Å². The van der Waals surface area contributed by atoms with Gasteiger partial charge in [0.15, 0.2) is 5.82 Å². The number of fused-ring (bicyclic) bond motifs is 1. The Balaban J connectivity index is 1.55. The highest BCUT2D eigenvalue weighted by Crippen LogP contribution is 2.42. The van der Waals surface area contributed by atoms with Crippen molar-refractivity contribution in [2.24, 2.45) is 0 Å². The van der Waals surface area contributed by atoms with Crippen molar-refractivity contribution in [2.75, 3.05) is 6.61 Å². The van der Waals surface area contributed by atoms with Gasteiger partial charge in [0.05, 0.1) is 30.1 Å². The van der Waals surface area contributed by atoms with Crippen molar-refractivity contribution in [1.29, 1.82) is 5.26 Å². The Morgan fingerprint density at radius 3 is 2.31 bits per heavy atom. The average Bonchev–Trinajstić information content (AvgIpc) is 3.23. The fourth-order valence-electron chi connectivity index (χ4n) is 5.11. The standard InChI is InChI=1S/C30H38F3N5O3S/c1-3-4-5-6-7-8-9-10-16-41-23-14-15-25-26(18-34)28(38(27(25)17-23)22-12-11-13-22)29-35-19-24(20-36-29)42(39,40)37-21(2)30(31,32)33/h14-15,17,19-22,37H,3-13,16H2,1-2H3/t21-/m0/s1. The number of hydrogen-bond donors (Lipinski definition) is 1. The van der Waals surface area contributed by atoms with Crippen LogP contribution in [0.5, 0.6) is 5.75 Å². The van der Waals surface area contributed by atoms with Gasteiger partial charge in [0.25, 0.3) is 0 Å². The predicted molar refractivity (Wildman–Crippen MR) is 155 cm³/mol. The lowest BCUT2D eigenvalue weighted by Gasteiger charge is -2.29. The molecule has 1 atom stereocenters. The Bertz CT molecular complexity index is 1490. The molecule has 228 valence electrons. The molecule has 1 aromatic carbocycles. The van der Waals surface area contributed by atoms with Crippen molar-refractivity contribution in [3.63, 3.8) is 0 Å². The van der Waals surface area contributed by atoms with Gasteiger partial charge in [-0.05, 0) is 44.7 Å². The van der Waals surface area contributed by atoms with E-state index in [1.165, 1.54) is 38.5 Å². The second-order valence-corrected chi connectivity index (χ2v) is 12.6. The van der Waals surface area contributed by atoms with Crippen LogP contribution in [0.3, 0.4) is 0 Å². The van der Waals surface area contributed by atoms with Crippen LogP contribution in [0.2, 0.25) is 0 Å². The first-order valence-electron chi connectivity index (χ1n) is 14.7. The highest BCUT2D eigenvalue weighted by atomic mass is 32.2. The van der Waals surface area contributed by atoms with Gasteiger partial charge in [-0.15, -0.1) is 0 Å². The number of nitrogens with one attached hydrogen (secondary N) is 1. The van der Waals surface area contributed by atoms with Crippen LogP contribution >= 0.6 is 0 Å². The van der Waals surface area contributed by atoms with Crippen LogP contribution in [0.1, 0.15) is 96.1 Å². The van der Waals surface area contributed by atoms with Crippen molar-refractivity contribution in [1.82, 2.24) is 19.3 Å². The Labute approximate surface area is 245 Å². The van der Waals surface area contributed by atoms with Gasteiger partial charge in [0, 0.05) is 17.5 Å². The summed E-state index contributed by atoms with van der Waals surface area (Å²) in [7, 11) is -4.51. The van der Waals surface area contributed by atoms with E-state index in [0.29, 0.717) is 29.0 Å². The van der Waals surface area contributed by atoms with Crippen LogP contribution in [-0.2, 0) is 10.0 Å². The summed E-state index contributed by atoms with van der Waals surface area (Å²) in [5.74, 6) is 0.825. The number of nitriles is 1. The fraction of sp³-hybridized carbons (Fsp3) is 0.567. The molecular formula is C30H38F3N5O3S. The van der Waals surface area contributed by atoms with Gasteiger partial charge >= 0.3 is 6.18 Å². The minimum atomic E-state index is -4.74. The van der Waals surface area contributed by atoms with Crippen LogP contribution in [0.4, 0.5) is 13.2 Å². The molecule has 0 amide bonds. The van der Waals surface area contributed by atoms with Crippen molar-refractivity contribution in [3.8, 4) is 23.3 Å². The maximum Gasteiger partial charge on any atom is 0.404 e. The average molecular weight is 606 g/mol. The van der Waals surface area contributed by atoms with E-state index in [1.54, 1.807) is 4.72 Å². The van der Waals surface area contributed by atoms with Crippen molar-refractivity contribution in [3.05, 3.63) is 36.2 Å². The van der Waals surface area contributed by atoms with E-state index in [2.05, 4.69) is 23.0 Å². The van der Waals surface area contributed by atoms with Gasteiger partial charge in [-0.1, -0.05) is 51.9 Å². The maximum absolute atomic E-state index is 12.9. The number of unbranched alkanes of at least 4 members (excludes halogenated alkanes) is 7. The minimum Gasteiger partial charge on any atom is -0.494 e. The van der Waals surface area contributed by atoms with Crippen LogP contribution < -0.4 is 9.46 Å². The van der Waals surface area contributed by atoms with Gasteiger partial charge in [-0.25, -0.2) is 18.4 Å². The molecule has 1 aliphatic rings. The molecule has 0 aliphatic heterocycles. The van der Waals surface area contributed by atoms with E-state index in [1.807, 2.05) is 22.8 Å². The molecule has 3 aromatic rings. The quantitative estimate of drug-likeness (QED) is 0.180. The summed E-state index contributed by atoms with van der Waals surface area (Å²) in [5.41, 5.74) is 1.62. The molecule has 1 N–H and O–H groups in total. The zero-order valence-corrected chi connectivity index (χ0v) is 24.9. The molecular weight excluding hydrogens is 567 g/mol. The molecule has 2 aromatic heterocycles. The normalized spacial score (nSPS) is 15.0. The number of hydrogen-bond acceptors (Lipinski definition) is 6. The molecule has 0 saturated heterocycles. The summed E-state index contributed by atoms with van der Waals surface area (Å²) in [6, 6.07) is 5.69. The monoisotopic (exact) mass is 605 g/mol. The lowest BCUT2D eigenvalue weighted by Crippen LogP contribution is -2.43. The second kappa shape index (κ2) is 13.9. The lowest BCUT2D eigenvalue weighted by atomic mass is 9.92. The summed E-state index contributed by atoms with van der Waals surface area (Å²) < 4.78 is 73.5. The van der Waals surface area contributed by atoms with Gasteiger partial charge in [-0.2, -0.15) is 23.2 Å². The molecule has 0 bridgehead atoms. The van der Waals surface area contributed by atoms with E-state index in [9.17, 15) is 26.9 Å². The van der Waals surface area contributed by atoms with Crippen LogP contribution in [0.15, 0.2) is 35.5 Å². The third-order valence-corrected chi connectivity index (χ3v) is 9.26. The molecule has 12 heteroatoms. The molecule has 2 heterocycles. The summed E-state index contributed by atoms with van der Waals surface area (Å²) in [5, 5.41) is 10.8. The van der Waals surface area contributed by atoms with E-state index >= 15 is 0 Å². The lowest BCUT2D eigenvalue weighted by molar-refractivity contribution is -0.147. The number of ether oxygens (including phenoxy) is 1. The minimum absolute atomic E-state index is 0.105. The number of aromatic nitrogens is 3. The van der Waals surface area contributed by atoms with Crippen molar-refractivity contribution < 1.29 is 26.3 Å². The summed E-state index contributed by atoms with van der Waals surface area (Å²) in [4.78, 5) is 7.90. The van der Waals surface area contributed by atoms with Crippen LogP contribution in [0.25, 0.3) is 22.4 Å². The van der Waals surface area contributed by atoms with E-state index < -0.39 is 27.1 Å². The Morgan fingerprint density at radius 1 is 1.10 bits per heavy atom. The topological polar surface area (TPSA) is 110 Å². The number of rotatable bonds is 15. The smallest absolute Gasteiger partial charge is 0.404 e. The predicted octanol–water partition coefficient (Wildman–Crippen LogP) is 7.44. The largest absolute Gasteiger partial charge is 0.494 e. The first kappa shape index (κ1) is 31.8. The van der Waals surface area contributed by atoms with Gasteiger partial charge in [0.1, 0.15) is 28.4 Å². The Hall–Kier alpha value is -3.17. The molecule has 1 saturated carbocycles. The zero-order valence-electron chi connectivity index (χ0n) is 24.1. The second-order valence-electron chi connectivity index (χ2n) is 10.9. The van der Waals surface area contributed by atoms with Crippen molar-refractivity contribution >= 4 is 20.9 Å². The van der Waals surface area contributed by atoms with E-state index in [4.69, 9.17) is 4.74 Å². The van der Waals surface area contributed by atoms with E-state index in [0.717, 1.165) is 56.9 Å². The first-order valence-corrected chi connectivity index (χ1v) is 16.2. The summed E-state index contributed by atoms with van der Waals surface area (Å²) in [6.45, 7) is 3.53. The molecule has 8 nitrogen and oxygen atoms in total. The number of halogens is 3. The molecule has 1 fully saturated rings. The molecule has 0 radical (unpaired) electrons. The van der Waals surface area contributed by atoms with Crippen LogP contribution in [-0.4, -0.2) is 41.8 Å². The number of sulfonamides is 1. The van der Waals surface area contributed by atoms with Crippen LogP contribution in [0, 0.1) is 11.3 Å². The molecule has 0 unspecified atom stereocenters. The third-order valence-electron chi connectivity index (χ3n) is 7.77. The SMILES string of the molecule is CCCCCCCCCCOc1ccc2c(C#N)c(-c3ncc(S(=O)(=O)N[C@@H](C)C(F)(F)F)cn3)n(C3CCC3)c2c1. The van der Waals surface area contributed by atoms with Crippen molar-refractivity contribution in [2.45, 2.75) is 108 Å². The third kappa shape index (κ3) is 7.42. The zero-order chi connectivity index (χ0) is 30.3. The maximum atomic E-state index is 12.9. The molecule has 42 heavy (non-hydrogen) atoms. The molecule has 1 aliphatic carbocycles. The number of benzene rings is 1. The molecule has 0 spiro atoms. The molecule has 4 rings (SSSR count). The first-order chi connectivity index (χ1) is 20.1. The van der Waals surface area contributed by atoms with Gasteiger partial charge < -0.3 is 9.30 Å². The Morgan fingerprint density at radius 2 is 1.74 bits per heavy atom. The summed E-state index contributed by atoms with van der Waals surface area (Å²) >= 11 is 0. The van der Waals surface area contributed by atoms with Gasteiger partial charge in [0.2, 0.25) is 10.0 Å². The number of nitrogens with zero attached hydrogens (tertiary/aromatic N) is 4. The highest BCUT2D eigenvalue weighted by molar-refractivity contribution is 7.89. The summed E-state index contributed by atoms with van der Waals surface area (Å²) in [6.07, 6.45) is 9.67. The Kier molecular flexibility index (Phi) is 10.5. The fourth-order valence-corrected chi connectivity index (χ4v) is 6.23. The highest BCUT2D eigenvalue weighted by Gasteiger charge is 2.39. The van der Waals surface area contributed by atoms with E-state index in [-0.39, 0.29) is 11.9 Å². The number of alkyl halides is 3.